The Labute approximate surface area is 238 Å². The first-order chi connectivity index (χ1) is 17.1. The Morgan fingerprint density at radius 2 is 1.42 bits per heavy atom. The summed E-state index contributed by atoms with van der Waals surface area (Å²) in [7, 11) is -3.67. The normalized spacial score (nSPS) is 42.3. The largest absolute Gasteiger partial charge is 0.414 e. The third-order valence-electron chi connectivity index (χ3n) is 13.2. The number of hydrogen-bond acceptors (Lipinski definition) is 3. The second-order valence-corrected chi connectivity index (χ2v) is 26.9. The van der Waals surface area contributed by atoms with Gasteiger partial charge in [-0.05, 0) is 116 Å². The quantitative estimate of drug-likeness (QED) is 0.268. The Balaban J connectivity index is 1.63. The molecule has 8 atom stereocenters. The molecule has 0 aliphatic heterocycles. The van der Waals surface area contributed by atoms with Crippen molar-refractivity contribution in [3.63, 3.8) is 0 Å². The molecule has 0 aromatic heterocycles. The number of hydrogen-bond donors (Lipinski definition) is 1. The van der Waals surface area contributed by atoms with Crippen molar-refractivity contribution in [1.82, 2.24) is 0 Å². The van der Waals surface area contributed by atoms with E-state index in [0.717, 1.165) is 25.7 Å². The highest BCUT2D eigenvalue weighted by Crippen LogP contribution is 2.68. The lowest BCUT2D eigenvalue weighted by Crippen LogP contribution is -2.60. The Kier molecular flexibility index (Phi) is 7.78. The zero-order valence-electron chi connectivity index (χ0n) is 27.4. The summed E-state index contributed by atoms with van der Waals surface area (Å²) in [6.07, 6.45) is 12.0. The van der Waals surface area contributed by atoms with Crippen LogP contribution in [0.4, 0.5) is 0 Å². The van der Waals surface area contributed by atoms with Gasteiger partial charge in [-0.15, -0.1) is 0 Å². The van der Waals surface area contributed by atoms with E-state index in [1.54, 1.807) is 0 Å². The summed E-state index contributed by atoms with van der Waals surface area (Å²) >= 11 is 0. The van der Waals surface area contributed by atoms with Gasteiger partial charge in [0, 0.05) is 6.10 Å². The fourth-order valence-electron chi connectivity index (χ4n) is 8.51. The standard InChI is InChI=1S/C33H62O3Si2/c1-14-33(34)22-23-21-24(35-37(10,11)29(2,3)4)17-19-31(23,8)26-18-20-32(9)25(28(26)33)15-16-27(32)36-38(12,13)30(5,6)7/h22,24-28,34H,14-21H2,1-13H3/t24-,25-,26-,27-,28-,31-,32-,33+/m0/s1. The Bertz CT molecular complexity index is 928. The van der Waals surface area contributed by atoms with Gasteiger partial charge in [-0.3, -0.25) is 0 Å². The van der Waals surface area contributed by atoms with Crippen molar-refractivity contribution < 1.29 is 14.0 Å². The molecule has 5 heteroatoms. The van der Waals surface area contributed by atoms with Gasteiger partial charge in [0.25, 0.3) is 0 Å². The molecule has 0 saturated heterocycles. The minimum Gasteiger partial charge on any atom is -0.414 e. The first kappa shape index (κ1) is 31.0. The van der Waals surface area contributed by atoms with Crippen molar-refractivity contribution in [3.8, 4) is 0 Å². The predicted octanol–water partition coefficient (Wildman–Crippen LogP) is 9.48. The summed E-state index contributed by atoms with van der Waals surface area (Å²) in [6, 6.07) is 0. The van der Waals surface area contributed by atoms with E-state index in [2.05, 4.69) is 94.6 Å². The number of rotatable bonds is 5. The maximum atomic E-state index is 12.4. The molecule has 38 heavy (non-hydrogen) atoms. The van der Waals surface area contributed by atoms with Gasteiger partial charge in [0.05, 0.1) is 11.7 Å². The monoisotopic (exact) mass is 562 g/mol. The predicted molar refractivity (Wildman–Crippen MR) is 166 cm³/mol. The summed E-state index contributed by atoms with van der Waals surface area (Å²) < 4.78 is 14.1. The maximum absolute atomic E-state index is 12.4. The van der Waals surface area contributed by atoms with E-state index >= 15 is 0 Å². The van der Waals surface area contributed by atoms with Crippen LogP contribution in [0.15, 0.2) is 11.6 Å². The average Bonchev–Trinajstić information content (AvgIpc) is 3.08. The summed E-state index contributed by atoms with van der Waals surface area (Å²) in [5.74, 6) is 1.44. The summed E-state index contributed by atoms with van der Waals surface area (Å²) in [5.41, 5.74) is 1.16. The van der Waals surface area contributed by atoms with Crippen LogP contribution in [-0.4, -0.2) is 39.6 Å². The molecule has 0 bridgehead atoms. The van der Waals surface area contributed by atoms with Crippen molar-refractivity contribution in [3.05, 3.63) is 11.6 Å². The fourth-order valence-corrected chi connectivity index (χ4v) is 11.3. The van der Waals surface area contributed by atoms with Crippen molar-refractivity contribution in [1.29, 1.82) is 0 Å². The van der Waals surface area contributed by atoms with Crippen LogP contribution in [0.25, 0.3) is 0 Å². The van der Waals surface area contributed by atoms with Crippen molar-refractivity contribution in [2.24, 2.45) is 28.6 Å². The molecule has 4 rings (SSSR count). The van der Waals surface area contributed by atoms with Gasteiger partial charge in [-0.2, -0.15) is 0 Å². The summed E-state index contributed by atoms with van der Waals surface area (Å²) in [6.45, 7) is 31.0. The van der Waals surface area contributed by atoms with E-state index in [1.165, 1.54) is 31.3 Å². The molecular weight excluding hydrogens is 501 g/mol. The lowest BCUT2D eigenvalue weighted by Gasteiger charge is -2.62. The summed E-state index contributed by atoms with van der Waals surface area (Å²) in [4.78, 5) is 0. The fraction of sp³-hybridized carbons (Fsp3) is 0.939. The van der Waals surface area contributed by atoms with E-state index < -0.39 is 22.2 Å². The van der Waals surface area contributed by atoms with Crippen LogP contribution < -0.4 is 0 Å². The molecule has 3 saturated carbocycles. The Morgan fingerprint density at radius 1 is 0.842 bits per heavy atom. The van der Waals surface area contributed by atoms with Gasteiger partial charge in [0.2, 0.25) is 0 Å². The highest BCUT2D eigenvalue weighted by Gasteiger charge is 2.65. The summed E-state index contributed by atoms with van der Waals surface area (Å²) in [5, 5.41) is 12.9. The number of aliphatic hydroxyl groups is 1. The zero-order valence-corrected chi connectivity index (χ0v) is 29.4. The molecule has 0 amide bonds. The van der Waals surface area contributed by atoms with Gasteiger partial charge in [0.1, 0.15) is 0 Å². The molecule has 0 aromatic carbocycles. The SMILES string of the molecule is CC[C@@]1(O)C=C2C[C@@H](O[Si](C)(C)C(C)(C)C)CC[C@]2(C)[C@H]2CC[C@]3(C)[C@@H](O[Si](C)(C)C(C)(C)C)CC[C@H]3[C@@H]21. The Hall–Kier alpha value is 0.0538. The van der Waals surface area contributed by atoms with Gasteiger partial charge >= 0.3 is 0 Å². The van der Waals surface area contributed by atoms with Crippen LogP contribution in [0.5, 0.6) is 0 Å². The lowest BCUT2D eigenvalue weighted by molar-refractivity contribution is -0.144. The van der Waals surface area contributed by atoms with Crippen LogP contribution in [0.2, 0.25) is 36.3 Å². The molecule has 0 heterocycles. The molecule has 0 unspecified atom stereocenters. The molecule has 220 valence electrons. The maximum Gasteiger partial charge on any atom is 0.192 e. The smallest absolute Gasteiger partial charge is 0.192 e. The molecule has 0 aromatic rings. The van der Waals surface area contributed by atoms with Crippen molar-refractivity contribution in [2.45, 2.75) is 168 Å². The first-order valence-corrected chi connectivity index (χ1v) is 21.7. The molecule has 4 aliphatic carbocycles. The van der Waals surface area contributed by atoms with Crippen LogP contribution >= 0.6 is 0 Å². The topological polar surface area (TPSA) is 38.7 Å². The third-order valence-corrected chi connectivity index (χ3v) is 22.3. The zero-order chi connectivity index (χ0) is 28.7. The molecule has 1 N–H and O–H groups in total. The lowest BCUT2D eigenvalue weighted by atomic mass is 9.44. The molecule has 4 aliphatic rings. The van der Waals surface area contributed by atoms with E-state index in [1.807, 2.05) is 0 Å². The van der Waals surface area contributed by atoms with Crippen LogP contribution in [0.3, 0.4) is 0 Å². The molecule has 0 radical (unpaired) electrons. The first-order valence-electron chi connectivity index (χ1n) is 15.9. The second-order valence-electron chi connectivity index (χ2n) is 17.4. The second kappa shape index (κ2) is 9.54. The van der Waals surface area contributed by atoms with E-state index in [-0.39, 0.29) is 20.9 Å². The van der Waals surface area contributed by atoms with E-state index in [0.29, 0.717) is 30.0 Å². The van der Waals surface area contributed by atoms with E-state index in [4.69, 9.17) is 8.85 Å². The third kappa shape index (κ3) is 4.90. The molecular formula is C33H62O3Si2. The highest BCUT2D eigenvalue weighted by atomic mass is 28.4. The van der Waals surface area contributed by atoms with Gasteiger partial charge in [0.15, 0.2) is 16.6 Å². The van der Waals surface area contributed by atoms with Crippen LogP contribution in [-0.2, 0) is 8.85 Å². The molecule has 3 nitrogen and oxygen atoms in total. The molecule has 3 fully saturated rings. The Morgan fingerprint density at radius 3 is 1.97 bits per heavy atom. The van der Waals surface area contributed by atoms with Gasteiger partial charge < -0.3 is 14.0 Å². The minimum absolute atomic E-state index is 0.171. The average molecular weight is 563 g/mol. The van der Waals surface area contributed by atoms with Crippen LogP contribution in [0, 0.1) is 28.6 Å². The number of fused-ring (bicyclic) bond motifs is 5. The minimum atomic E-state index is -1.85. The highest BCUT2D eigenvalue weighted by molar-refractivity contribution is 6.74. The van der Waals surface area contributed by atoms with Crippen LogP contribution in [0.1, 0.15) is 114 Å². The van der Waals surface area contributed by atoms with Crippen molar-refractivity contribution >= 4 is 16.6 Å². The molecule has 0 spiro atoms. The van der Waals surface area contributed by atoms with Gasteiger partial charge in [-0.25, -0.2) is 0 Å². The van der Waals surface area contributed by atoms with Gasteiger partial charge in [-0.1, -0.05) is 74.0 Å². The van der Waals surface area contributed by atoms with E-state index in [9.17, 15) is 5.11 Å². The van der Waals surface area contributed by atoms with Crippen molar-refractivity contribution in [2.75, 3.05) is 0 Å².